The normalized spacial score (nSPS) is 14.2. The Bertz CT molecular complexity index is 675. The van der Waals surface area contributed by atoms with Crippen LogP contribution in [0.2, 0.25) is 5.02 Å². The number of halogens is 1. The SMILES string of the molecule is COC(=O)C1=Nn2c(nc3cc(Cl)ccc32)CC1. The van der Waals surface area contributed by atoms with Crippen LogP contribution in [0, 0.1) is 0 Å². The minimum atomic E-state index is -0.392. The average Bonchev–Trinajstić information content (AvgIpc) is 2.74. The van der Waals surface area contributed by atoms with Gasteiger partial charge in [-0.2, -0.15) is 5.10 Å². The Morgan fingerprint density at radius 1 is 1.44 bits per heavy atom. The molecule has 0 saturated carbocycles. The third kappa shape index (κ3) is 1.67. The molecular weight excluding hydrogens is 254 g/mol. The number of aromatic nitrogens is 2. The molecule has 18 heavy (non-hydrogen) atoms. The van der Waals surface area contributed by atoms with E-state index in [1.54, 1.807) is 16.8 Å². The van der Waals surface area contributed by atoms with Gasteiger partial charge < -0.3 is 4.74 Å². The van der Waals surface area contributed by atoms with Gasteiger partial charge in [-0.25, -0.2) is 14.5 Å². The zero-order chi connectivity index (χ0) is 12.7. The molecular formula is C12H10ClN3O2. The van der Waals surface area contributed by atoms with Gasteiger partial charge in [0.15, 0.2) is 0 Å². The average molecular weight is 264 g/mol. The van der Waals surface area contributed by atoms with E-state index in [-0.39, 0.29) is 0 Å². The summed E-state index contributed by atoms with van der Waals surface area (Å²) in [7, 11) is 1.35. The molecule has 0 N–H and O–H groups in total. The van der Waals surface area contributed by atoms with Crippen LogP contribution < -0.4 is 0 Å². The van der Waals surface area contributed by atoms with Gasteiger partial charge in [0.1, 0.15) is 11.5 Å². The first kappa shape index (κ1) is 11.2. The summed E-state index contributed by atoms with van der Waals surface area (Å²) >= 11 is 5.92. The van der Waals surface area contributed by atoms with Gasteiger partial charge in [0.25, 0.3) is 0 Å². The third-order valence-electron chi connectivity index (χ3n) is 2.89. The number of imidazole rings is 1. The van der Waals surface area contributed by atoms with Crippen LogP contribution in [0.4, 0.5) is 0 Å². The van der Waals surface area contributed by atoms with Crippen LogP contribution in [-0.2, 0) is 16.0 Å². The number of carbonyl (C=O) groups is 1. The maximum Gasteiger partial charge on any atom is 0.354 e. The van der Waals surface area contributed by atoms with E-state index >= 15 is 0 Å². The van der Waals surface area contributed by atoms with E-state index in [9.17, 15) is 4.79 Å². The van der Waals surface area contributed by atoms with Crippen molar-refractivity contribution in [3.05, 3.63) is 29.0 Å². The number of carbonyl (C=O) groups excluding carboxylic acids is 1. The Morgan fingerprint density at radius 2 is 2.28 bits per heavy atom. The van der Waals surface area contributed by atoms with Gasteiger partial charge in [0.2, 0.25) is 0 Å². The molecule has 0 atom stereocenters. The van der Waals surface area contributed by atoms with E-state index in [1.165, 1.54) is 7.11 Å². The van der Waals surface area contributed by atoms with Crippen LogP contribution in [0.5, 0.6) is 0 Å². The molecule has 3 rings (SSSR count). The fourth-order valence-corrected chi connectivity index (χ4v) is 2.19. The predicted octanol–water partition coefficient (Wildman–Crippen LogP) is 2.01. The highest BCUT2D eigenvalue weighted by Gasteiger charge is 2.21. The van der Waals surface area contributed by atoms with Gasteiger partial charge in [-0.05, 0) is 18.2 Å². The second-order valence-electron chi connectivity index (χ2n) is 4.01. The number of methoxy groups -OCH3 is 1. The number of hydrogen-bond donors (Lipinski definition) is 0. The lowest BCUT2D eigenvalue weighted by Crippen LogP contribution is -2.22. The van der Waals surface area contributed by atoms with Crippen molar-refractivity contribution in [1.29, 1.82) is 0 Å². The number of esters is 1. The molecule has 0 saturated heterocycles. The van der Waals surface area contributed by atoms with E-state index in [2.05, 4.69) is 14.8 Å². The van der Waals surface area contributed by atoms with Crippen molar-refractivity contribution in [2.24, 2.45) is 5.10 Å². The van der Waals surface area contributed by atoms with Gasteiger partial charge in [0.05, 0.1) is 18.1 Å². The summed E-state index contributed by atoms with van der Waals surface area (Å²) in [6.07, 6.45) is 1.21. The summed E-state index contributed by atoms with van der Waals surface area (Å²) < 4.78 is 6.37. The largest absolute Gasteiger partial charge is 0.464 e. The lowest BCUT2D eigenvalue weighted by molar-refractivity contribution is -0.132. The summed E-state index contributed by atoms with van der Waals surface area (Å²) in [6.45, 7) is 0. The molecule has 0 fully saturated rings. The minimum absolute atomic E-state index is 0.392. The van der Waals surface area contributed by atoms with Crippen LogP contribution in [0.25, 0.3) is 11.0 Å². The van der Waals surface area contributed by atoms with Crippen LogP contribution >= 0.6 is 11.6 Å². The molecule has 2 aromatic rings. The molecule has 0 spiro atoms. The summed E-state index contributed by atoms with van der Waals surface area (Å²) in [5.41, 5.74) is 2.04. The Labute approximate surface area is 108 Å². The zero-order valence-electron chi connectivity index (χ0n) is 9.68. The lowest BCUT2D eigenvalue weighted by atomic mass is 10.2. The van der Waals surface area contributed by atoms with Gasteiger partial charge in [-0.3, -0.25) is 0 Å². The highest BCUT2D eigenvalue weighted by Crippen LogP contribution is 2.23. The number of hydrogen-bond acceptors (Lipinski definition) is 4. The monoisotopic (exact) mass is 263 g/mol. The van der Waals surface area contributed by atoms with Crippen molar-refractivity contribution >= 4 is 34.3 Å². The first-order valence-corrected chi connectivity index (χ1v) is 5.90. The maximum absolute atomic E-state index is 11.5. The maximum atomic E-state index is 11.5. The number of nitrogens with zero attached hydrogens (tertiary/aromatic N) is 3. The molecule has 0 unspecified atom stereocenters. The molecule has 2 heterocycles. The quantitative estimate of drug-likeness (QED) is 0.740. The highest BCUT2D eigenvalue weighted by molar-refractivity contribution is 6.36. The number of fused-ring (bicyclic) bond motifs is 3. The standard InChI is InChI=1S/C12H10ClN3O2/c1-18-12(17)8-3-5-11-14-9-6-7(13)2-4-10(9)16(11)15-8/h2,4,6H,3,5H2,1H3. The van der Waals surface area contributed by atoms with E-state index < -0.39 is 5.97 Å². The second kappa shape index (κ2) is 4.10. The van der Waals surface area contributed by atoms with Crippen molar-refractivity contribution in [2.75, 3.05) is 7.11 Å². The van der Waals surface area contributed by atoms with Gasteiger partial charge in [-0.15, -0.1) is 0 Å². The summed E-state index contributed by atoms with van der Waals surface area (Å²) in [4.78, 5) is 15.9. The Balaban J connectivity index is 2.17. The topological polar surface area (TPSA) is 56.5 Å². The first-order valence-electron chi connectivity index (χ1n) is 5.52. The van der Waals surface area contributed by atoms with Crippen LogP contribution in [-0.4, -0.2) is 28.5 Å². The van der Waals surface area contributed by atoms with Gasteiger partial charge in [-0.1, -0.05) is 11.6 Å². The molecule has 92 valence electrons. The minimum Gasteiger partial charge on any atom is -0.464 e. The van der Waals surface area contributed by atoms with Crippen molar-refractivity contribution in [3.63, 3.8) is 0 Å². The molecule has 1 aliphatic heterocycles. The van der Waals surface area contributed by atoms with E-state index in [1.807, 2.05) is 6.07 Å². The van der Waals surface area contributed by atoms with Crippen LogP contribution in [0.3, 0.4) is 0 Å². The molecule has 0 bridgehead atoms. The molecule has 1 aromatic heterocycles. The molecule has 0 amide bonds. The molecule has 0 radical (unpaired) electrons. The molecule has 5 nitrogen and oxygen atoms in total. The molecule has 0 aliphatic carbocycles. The Hall–Kier alpha value is -1.88. The first-order chi connectivity index (χ1) is 8.69. The predicted molar refractivity (Wildman–Crippen MR) is 67.9 cm³/mol. The van der Waals surface area contributed by atoms with Crippen molar-refractivity contribution in [3.8, 4) is 0 Å². The summed E-state index contributed by atoms with van der Waals surface area (Å²) in [5, 5.41) is 4.92. The van der Waals surface area contributed by atoms with E-state index in [0.29, 0.717) is 23.6 Å². The fourth-order valence-electron chi connectivity index (χ4n) is 2.03. The number of benzene rings is 1. The molecule has 6 heteroatoms. The van der Waals surface area contributed by atoms with Gasteiger partial charge >= 0.3 is 5.97 Å². The highest BCUT2D eigenvalue weighted by atomic mass is 35.5. The Kier molecular flexibility index (Phi) is 2.56. The van der Waals surface area contributed by atoms with Crippen molar-refractivity contribution < 1.29 is 9.53 Å². The smallest absolute Gasteiger partial charge is 0.354 e. The number of rotatable bonds is 1. The third-order valence-corrected chi connectivity index (χ3v) is 3.12. The summed E-state index contributed by atoms with van der Waals surface area (Å²) in [6, 6.07) is 5.41. The molecule has 1 aromatic carbocycles. The van der Waals surface area contributed by atoms with Crippen LogP contribution in [0.15, 0.2) is 23.3 Å². The lowest BCUT2D eigenvalue weighted by Gasteiger charge is -2.11. The number of ether oxygens (including phenoxy) is 1. The number of aryl methyl sites for hydroxylation is 1. The second-order valence-corrected chi connectivity index (χ2v) is 4.45. The van der Waals surface area contributed by atoms with Crippen molar-refractivity contribution in [1.82, 2.24) is 9.66 Å². The zero-order valence-corrected chi connectivity index (χ0v) is 10.4. The Morgan fingerprint density at radius 3 is 3.06 bits per heavy atom. The van der Waals surface area contributed by atoms with Crippen molar-refractivity contribution in [2.45, 2.75) is 12.8 Å². The van der Waals surface area contributed by atoms with Crippen LogP contribution in [0.1, 0.15) is 12.2 Å². The van der Waals surface area contributed by atoms with E-state index in [4.69, 9.17) is 11.6 Å². The van der Waals surface area contributed by atoms with Gasteiger partial charge in [0, 0.05) is 17.9 Å². The molecule has 1 aliphatic rings. The fraction of sp³-hybridized carbons (Fsp3) is 0.250. The summed E-state index contributed by atoms with van der Waals surface area (Å²) in [5.74, 6) is 0.441. The van der Waals surface area contributed by atoms with E-state index in [0.717, 1.165) is 16.9 Å².